The van der Waals surface area contributed by atoms with E-state index in [1.807, 2.05) is 30.0 Å². The summed E-state index contributed by atoms with van der Waals surface area (Å²) in [6, 6.07) is 5.83. The van der Waals surface area contributed by atoms with Gasteiger partial charge in [0.25, 0.3) is 0 Å². The Morgan fingerprint density at radius 1 is 1.29 bits per heavy atom. The lowest BCUT2D eigenvalue weighted by Crippen LogP contribution is -2.28. The maximum Gasteiger partial charge on any atom is 0.222 e. The number of benzene rings is 1. The van der Waals surface area contributed by atoms with E-state index in [0.717, 1.165) is 44.6 Å². The molecule has 1 heterocycles. The number of nitrogens with zero attached hydrogens (tertiary/aromatic N) is 1. The molecule has 2 rings (SSSR count). The Morgan fingerprint density at radius 3 is 2.88 bits per heavy atom. The van der Waals surface area contributed by atoms with Crippen LogP contribution in [0.1, 0.15) is 31.7 Å². The predicted molar refractivity (Wildman–Crippen MR) is 92.3 cm³/mol. The molecule has 1 fully saturated rings. The first-order chi connectivity index (χ1) is 11.7. The first-order valence-electron chi connectivity index (χ1n) is 8.72. The van der Waals surface area contributed by atoms with Gasteiger partial charge in [-0.3, -0.25) is 4.79 Å². The van der Waals surface area contributed by atoms with Crippen molar-refractivity contribution in [2.24, 2.45) is 0 Å². The molecule has 1 aliphatic rings. The van der Waals surface area contributed by atoms with Gasteiger partial charge in [-0.25, -0.2) is 0 Å². The Hall–Kier alpha value is -1.79. The van der Waals surface area contributed by atoms with Crippen molar-refractivity contribution in [3.8, 4) is 11.5 Å². The largest absolute Gasteiger partial charge is 0.490 e. The molecule has 6 nitrogen and oxygen atoms in total. The van der Waals surface area contributed by atoms with Gasteiger partial charge in [-0.05, 0) is 44.0 Å². The molecule has 0 radical (unpaired) electrons. The van der Waals surface area contributed by atoms with E-state index in [1.165, 1.54) is 0 Å². The monoisotopic (exact) mass is 336 g/mol. The highest BCUT2D eigenvalue weighted by Crippen LogP contribution is 2.28. The van der Waals surface area contributed by atoms with Crippen LogP contribution in [0.15, 0.2) is 18.2 Å². The zero-order valence-corrected chi connectivity index (χ0v) is 14.4. The van der Waals surface area contributed by atoms with Crippen LogP contribution in [-0.2, 0) is 11.3 Å². The van der Waals surface area contributed by atoms with Gasteiger partial charge in [-0.15, -0.1) is 0 Å². The number of likely N-dealkylation sites (tertiary alicyclic amines) is 1. The van der Waals surface area contributed by atoms with E-state index in [2.05, 4.69) is 5.32 Å². The molecule has 0 aromatic heterocycles. The van der Waals surface area contributed by atoms with E-state index >= 15 is 0 Å². The third-order valence-electron chi connectivity index (χ3n) is 3.94. The second kappa shape index (κ2) is 10.2. The molecule has 0 unspecified atom stereocenters. The molecule has 0 spiro atoms. The minimum absolute atomic E-state index is 0.0195. The highest BCUT2D eigenvalue weighted by Gasteiger charge is 2.18. The highest BCUT2D eigenvalue weighted by atomic mass is 16.5. The average molecular weight is 336 g/mol. The van der Waals surface area contributed by atoms with Crippen LogP contribution in [-0.4, -0.2) is 55.4 Å². The van der Waals surface area contributed by atoms with Crippen molar-refractivity contribution in [2.45, 2.75) is 32.7 Å². The van der Waals surface area contributed by atoms with E-state index in [4.69, 9.17) is 14.6 Å². The Kier molecular flexibility index (Phi) is 7.85. The summed E-state index contributed by atoms with van der Waals surface area (Å²) in [4.78, 5) is 13.5. The van der Waals surface area contributed by atoms with Crippen molar-refractivity contribution >= 4 is 5.91 Å². The normalized spacial score (nSPS) is 14.2. The molecule has 2 N–H and O–H groups in total. The minimum Gasteiger partial charge on any atom is -0.490 e. The number of ether oxygens (including phenoxy) is 2. The molecule has 0 bridgehead atoms. The van der Waals surface area contributed by atoms with Crippen molar-refractivity contribution in [3.05, 3.63) is 23.8 Å². The lowest BCUT2D eigenvalue weighted by atomic mass is 10.2. The van der Waals surface area contributed by atoms with Crippen molar-refractivity contribution in [1.82, 2.24) is 10.2 Å². The minimum atomic E-state index is -0.0195. The number of hydrogen-bond acceptors (Lipinski definition) is 5. The van der Waals surface area contributed by atoms with E-state index in [1.54, 1.807) is 0 Å². The molecular formula is C18H28N2O4. The maximum absolute atomic E-state index is 11.5. The molecule has 6 heteroatoms. The van der Waals surface area contributed by atoms with Crippen LogP contribution in [0.4, 0.5) is 0 Å². The van der Waals surface area contributed by atoms with Gasteiger partial charge in [0.15, 0.2) is 11.5 Å². The fourth-order valence-electron chi connectivity index (χ4n) is 2.77. The van der Waals surface area contributed by atoms with Crippen LogP contribution in [0.25, 0.3) is 0 Å². The number of hydrogen-bond donors (Lipinski definition) is 2. The molecule has 24 heavy (non-hydrogen) atoms. The summed E-state index contributed by atoms with van der Waals surface area (Å²) in [5.74, 6) is 1.64. The fraction of sp³-hybridized carbons (Fsp3) is 0.611. The molecule has 0 atom stereocenters. The van der Waals surface area contributed by atoms with Crippen molar-refractivity contribution in [3.63, 3.8) is 0 Å². The van der Waals surface area contributed by atoms with Crippen molar-refractivity contribution in [1.29, 1.82) is 0 Å². The van der Waals surface area contributed by atoms with Crippen LogP contribution >= 0.6 is 0 Å². The highest BCUT2D eigenvalue weighted by molar-refractivity contribution is 5.77. The molecule has 1 saturated heterocycles. The zero-order chi connectivity index (χ0) is 17.2. The van der Waals surface area contributed by atoms with Gasteiger partial charge >= 0.3 is 0 Å². The second-order valence-corrected chi connectivity index (χ2v) is 5.80. The number of nitrogens with one attached hydrogen (secondary N) is 1. The number of carbonyl (C=O) groups excluding carboxylic acids is 1. The van der Waals surface area contributed by atoms with E-state index in [9.17, 15) is 4.79 Å². The summed E-state index contributed by atoms with van der Waals surface area (Å²) >= 11 is 0. The topological polar surface area (TPSA) is 71.0 Å². The first-order valence-corrected chi connectivity index (χ1v) is 8.72. The summed E-state index contributed by atoms with van der Waals surface area (Å²) in [6.07, 6.45) is 2.66. The maximum atomic E-state index is 11.5. The van der Waals surface area contributed by atoms with Crippen LogP contribution in [0, 0.1) is 0 Å². The standard InChI is InChI=1S/C18H28N2O4/c1-2-23-17-13-15(6-7-16(17)24-12-11-21)14-19-8-4-10-20-9-3-5-18(20)22/h6-7,13,19,21H,2-5,8-12,14H2,1H3. The number of rotatable bonds is 11. The summed E-state index contributed by atoms with van der Waals surface area (Å²) < 4.78 is 11.1. The summed E-state index contributed by atoms with van der Waals surface area (Å²) in [6.45, 7) is 6.10. The number of carbonyl (C=O) groups is 1. The number of amides is 1. The Labute approximate surface area is 143 Å². The van der Waals surface area contributed by atoms with Gasteiger partial charge in [0.1, 0.15) is 6.61 Å². The first kappa shape index (κ1) is 18.5. The van der Waals surface area contributed by atoms with Gasteiger partial charge in [0, 0.05) is 26.1 Å². The average Bonchev–Trinajstić information content (AvgIpc) is 2.99. The summed E-state index contributed by atoms with van der Waals surface area (Å²) in [5, 5.41) is 12.3. The van der Waals surface area contributed by atoms with E-state index in [0.29, 0.717) is 24.5 Å². The lowest BCUT2D eigenvalue weighted by Gasteiger charge is -2.16. The fourth-order valence-corrected chi connectivity index (χ4v) is 2.77. The van der Waals surface area contributed by atoms with Gasteiger partial charge < -0.3 is 24.8 Å². The van der Waals surface area contributed by atoms with Crippen LogP contribution < -0.4 is 14.8 Å². The van der Waals surface area contributed by atoms with Gasteiger partial charge in [-0.2, -0.15) is 0 Å². The lowest BCUT2D eigenvalue weighted by molar-refractivity contribution is -0.127. The molecule has 1 aromatic carbocycles. The Balaban J connectivity index is 1.75. The van der Waals surface area contributed by atoms with Crippen LogP contribution in [0.5, 0.6) is 11.5 Å². The molecule has 134 valence electrons. The van der Waals surface area contributed by atoms with Gasteiger partial charge in [0.2, 0.25) is 5.91 Å². The van der Waals surface area contributed by atoms with Gasteiger partial charge in [0.05, 0.1) is 13.2 Å². The van der Waals surface area contributed by atoms with Crippen molar-refractivity contribution < 1.29 is 19.4 Å². The molecule has 0 saturated carbocycles. The third kappa shape index (κ3) is 5.69. The van der Waals surface area contributed by atoms with E-state index in [-0.39, 0.29) is 19.1 Å². The Morgan fingerprint density at radius 2 is 2.17 bits per heavy atom. The predicted octanol–water partition coefficient (Wildman–Crippen LogP) is 1.56. The Bertz CT molecular complexity index is 522. The van der Waals surface area contributed by atoms with Crippen LogP contribution in [0.3, 0.4) is 0 Å². The molecular weight excluding hydrogens is 308 g/mol. The molecule has 0 aliphatic carbocycles. The van der Waals surface area contributed by atoms with E-state index < -0.39 is 0 Å². The quantitative estimate of drug-likeness (QED) is 0.600. The molecule has 1 amide bonds. The molecule has 1 aromatic rings. The number of aliphatic hydroxyl groups is 1. The SMILES string of the molecule is CCOc1cc(CNCCCN2CCCC2=O)ccc1OCCO. The summed E-state index contributed by atoms with van der Waals surface area (Å²) in [5.41, 5.74) is 1.12. The van der Waals surface area contributed by atoms with Crippen LogP contribution in [0.2, 0.25) is 0 Å². The smallest absolute Gasteiger partial charge is 0.222 e. The third-order valence-corrected chi connectivity index (χ3v) is 3.94. The summed E-state index contributed by atoms with van der Waals surface area (Å²) in [7, 11) is 0. The van der Waals surface area contributed by atoms with Crippen molar-refractivity contribution in [2.75, 3.05) is 39.5 Å². The number of aliphatic hydroxyl groups excluding tert-OH is 1. The molecule has 1 aliphatic heterocycles. The van der Waals surface area contributed by atoms with Gasteiger partial charge in [-0.1, -0.05) is 6.07 Å². The second-order valence-electron chi connectivity index (χ2n) is 5.80. The zero-order valence-electron chi connectivity index (χ0n) is 14.4.